The minimum absolute atomic E-state index is 0.0769. The Morgan fingerprint density at radius 1 is 1.28 bits per heavy atom. The molecule has 1 aromatic carbocycles. The number of guanidine groups is 1. The summed E-state index contributed by atoms with van der Waals surface area (Å²) in [6, 6.07) is 5.98. The monoisotopic (exact) mass is 247 g/mol. The number of amides is 1. The summed E-state index contributed by atoms with van der Waals surface area (Å²) < 4.78 is 0. The van der Waals surface area contributed by atoms with Crippen LogP contribution in [0, 0.1) is 19.3 Å². The Kier molecular flexibility index (Phi) is 5.36. The maximum Gasteiger partial charge on any atom is 0.231 e. The van der Waals surface area contributed by atoms with E-state index in [0.717, 1.165) is 23.1 Å². The van der Waals surface area contributed by atoms with Gasteiger partial charge in [0.25, 0.3) is 0 Å². The molecule has 0 unspecified atom stereocenters. The van der Waals surface area contributed by atoms with Gasteiger partial charge in [-0.3, -0.25) is 15.5 Å². The molecule has 3 N–H and O–H groups in total. The van der Waals surface area contributed by atoms with Crippen molar-refractivity contribution >= 4 is 11.9 Å². The molecule has 0 spiro atoms. The first-order valence-corrected chi connectivity index (χ1v) is 6.22. The fourth-order valence-corrected chi connectivity index (χ4v) is 1.77. The van der Waals surface area contributed by atoms with Gasteiger partial charge in [0.05, 0.1) is 6.42 Å². The van der Waals surface area contributed by atoms with Gasteiger partial charge in [-0.15, -0.1) is 0 Å². The van der Waals surface area contributed by atoms with Crippen LogP contribution < -0.4 is 10.6 Å². The number of carbonyl (C=O) groups excluding carboxylic acids is 1. The average molecular weight is 247 g/mol. The van der Waals surface area contributed by atoms with Crippen LogP contribution >= 0.6 is 0 Å². The van der Waals surface area contributed by atoms with Gasteiger partial charge in [-0.1, -0.05) is 25.1 Å². The largest absolute Gasteiger partial charge is 0.356 e. The highest BCUT2D eigenvalue weighted by Crippen LogP contribution is 2.13. The van der Waals surface area contributed by atoms with Gasteiger partial charge >= 0.3 is 0 Å². The number of nitrogens with one attached hydrogen (secondary N) is 3. The molecular weight excluding hydrogens is 226 g/mol. The van der Waals surface area contributed by atoms with Crippen LogP contribution in [0.25, 0.3) is 0 Å². The standard InChI is InChI=1S/C14H21N3O/c1-4-8-16-14(15)17-13(18)9-12-10(2)6-5-7-11(12)3/h5-7H,4,8-9H2,1-3H3,(H3,15,16,17,18). The highest BCUT2D eigenvalue weighted by molar-refractivity contribution is 5.96. The molecule has 98 valence electrons. The number of rotatable bonds is 4. The molecule has 4 nitrogen and oxygen atoms in total. The lowest BCUT2D eigenvalue weighted by atomic mass is 10.00. The number of carbonyl (C=O) groups is 1. The van der Waals surface area contributed by atoms with E-state index in [1.165, 1.54) is 0 Å². The van der Waals surface area contributed by atoms with Crippen LogP contribution in [-0.2, 0) is 11.2 Å². The third-order valence-electron chi connectivity index (χ3n) is 2.80. The van der Waals surface area contributed by atoms with Crippen molar-refractivity contribution in [1.29, 1.82) is 5.41 Å². The first-order chi connectivity index (χ1) is 8.54. The Hall–Kier alpha value is -1.84. The number of aryl methyl sites for hydroxylation is 2. The van der Waals surface area contributed by atoms with Gasteiger partial charge in [0.1, 0.15) is 0 Å². The minimum Gasteiger partial charge on any atom is -0.356 e. The SMILES string of the molecule is CCCNC(=N)NC(=O)Cc1c(C)cccc1C. The zero-order chi connectivity index (χ0) is 13.5. The first-order valence-electron chi connectivity index (χ1n) is 6.22. The Labute approximate surface area is 108 Å². The molecule has 0 aliphatic carbocycles. The predicted octanol–water partition coefficient (Wildman–Crippen LogP) is 1.90. The molecule has 0 aromatic heterocycles. The van der Waals surface area contributed by atoms with E-state index in [9.17, 15) is 4.79 Å². The van der Waals surface area contributed by atoms with E-state index in [1.807, 2.05) is 39.0 Å². The fourth-order valence-electron chi connectivity index (χ4n) is 1.77. The van der Waals surface area contributed by atoms with E-state index in [4.69, 9.17) is 5.41 Å². The van der Waals surface area contributed by atoms with Crippen LogP contribution in [0.3, 0.4) is 0 Å². The smallest absolute Gasteiger partial charge is 0.231 e. The van der Waals surface area contributed by atoms with Gasteiger partial charge in [-0.2, -0.15) is 0 Å². The zero-order valence-corrected chi connectivity index (χ0v) is 11.3. The summed E-state index contributed by atoms with van der Waals surface area (Å²) in [5.74, 6) is -0.0749. The molecule has 0 aliphatic rings. The second kappa shape index (κ2) is 6.79. The highest BCUT2D eigenvalue weighted by atomic mass is 16.1. The van der Waals surface area contributed by atoms with E-state index in [-0.39, 0.29) is 11.9 Å². The zero-order valence-electron chi connectivity index (χ0n) is 11.3. The Morgan fingerprint density at radius 2 is 1.89 bits per heavy atom. The van der Waals surface area contributed by atoms with Crippen molar-refractivity contribution in [2.45, 2.75) is 33.6 Å². The van der Waals surface area contributed by atoms with Gasteiger partial charge < -0.3 is 5.32 Å². The molecule has 0 fully saturated rings. The van der Waals surface area contributed by atoms with E-state index >= 15 is 0 Å². The van der Waals surface area contributed by atoms with Crippen LogP contribution in [0.15, 0.2) is 18.2 Å². The molecule has 4 heteroatoms. The Morgan fingerprint density at radius 3 is 2.44 bits per heavy atom. The van der Waals surface area contributed by atoms with Crippen molar-refractivity contribution in [2.24, 2.45) is 0 Å². The molecule has 0 heterocycles. The molecule has 0 aliphatic heterocycles. The molecule has 0 bridgehead atoms. The summed E-state index contributed by atoms with van der Waals surface area (Å²) in [5, 5.41) is 12.9. The van der Waals surface area contributed by atoms with Crippen LogP contribution in [0.1, 0.15) is 30.0 Å². The lowest BCUT2D eigenvalue weighted by molar-refractivity contribution is -0.119. The van der Waals surface area contributed by atoms with Crippen LogP contribution in [-0.4, -0.2) is 18.4 Å². The maximum absolute atomic E-state index is 11.8. The minimum atomic E-state index is -0.152. The first kappa shape index (κ1) is 14.2. The molecule has 0 radical (unpaired) electrons. The van der Waals surface area contributed by atoms with Crippen LogP contribution in [0.5, 0.6) is 0 Å². The van der Waals surface area contributed by atoms with Crippen molar-refractivity contribution in [3.05, 3.63) is 34.9 Å². The van der Waals surface area contributed by atoms with E-state index in [2.05, 4.69) is 10.6 Å². The lowest BCUT2D eigenvalue weighted by Crippen LogP contribution is -2.41. The molecule has 1 rings (SSSR count). The van der Waals surface area contributed by atoms with Gasteiger partial charge in [0, 0.05) is 6.54 Å². The number of hydrogen-bond acceptors (Lipinski definition) is 2. The van der Waals surface area contributed by atoms with Crippen LogP contribution in [0.4, 0.5) is 0 Å². The number of hydrogen-bond donors (Lipinski definition) is 3. The third-order valence-corrected chi connectivity index (χ3v) is 2.80. The molecule has 18 heavy (non-hydrogen) atoms. The lowest BCUT2D eigenvalue weighted by Gasteiger charge is -2.11. The average Bonchev–Trinajstić information content (AvgIpc) is 2.31. The molecule has 0 atom stereocenters. The molecule has 0 saturated heterocycles. The van der Waals surface area contributed by atoms with Gasteiger partial charge in [-0.05, 0) is 37.0 Å². The quantitative estimate of drug-likeness (QED) is 0.562. The summed E-state index contributed by atoms with van der Waals surface area (Å²) in [6.07, 6.45) is 1.24. The van der Waals surface area contributed by atoms with Gasteiger partial charge in [0.15, 0.2) is 5.96 Å². The summed E-state index contributed by atoms with van der Waals surface area (Å²) in [7, 11) is 0. The molecular formula is C14H21N3O. The van der Waals surface area contributed by atoms with Crippen molar-refractivity contribution in [1.82, 2.24) is 10.6 Å². The predicted molar refractivity (Wildman–Crippen MR) is 73.8 cm³/mol. The van der Waals surface area contributed by atoms with Crippen molar-refractivity contribution in [3.8, 4) is 0 Å². The highest BCUT2D eigenvalue weighted by Gasteiger charge is 2.09. The summed E-state index contributed by atoms with van der Waals surface area (Å²) in [5.41, 5.74) is 3.26. The van der Waals surface area contributed by atoms with Crippen molar-refractivity contribution < 1.29 is 4.79 Å². The van der Waals surface area contributed by atoms with Crippen molar-refractivity contribution in [2.75, 3.05) is 6.54 Å². The molecule has 1 amide bonds. The normalized spacial score (nSPS) is 9.94. The Balaban J connectivity index is 2.57. The second-order valence-electron chi connectivity index (χ2n) is 4.40. The summed E-state index contributed by atoms with van der Waals surface area (Å²) >= 11 is 0. The summed E-state index contributed by atoms with van der Waals surface area (Å²) in [6.45, 7) is 6.70. The van der Waals surface area contributed by atoms with E-state index in [0.29, 0.717) is 13.0 Å². The summed E-state index contributed by atoms with van der Waals surface area (Å²) in [4.78, 5) is 11.8. The maximum atomic E-state index is 11.8. The second-order valence-corrected chi connectivity index (χ2v) is 4.40. The Bertz CT molecular complexity index is 420. The fraction of sp³-hybridized carbons (Fsp3) is 0.429. The van der Waals surface area contributed by atoms with E-state index < -0.39 is 0 Å². The molecule has 1 aromatic rings. The van der Waals surface area contributed by atoms with Gasteiger partial charge in [0.2, 0.25) is 5.91 Å². The van der Waals surface area contributed by atoms with Crippen molar-refractivity contribution in [3.63, 3.8) is 0 Å². The van der Waals surface area contributed by atoms with E-state index in [1.54, 1.807) is 0 Å². The topological polar surface area (TPSA) is 65.0 Å². The van der Waals surface area contributed by atoms with Crippen LogP contribution in [0.2, 0.25) is 0 Å². The van der Waals surface area contributed by atoms with Gasteiger partial charge in [-0.25, -0.2) is 0 Å². The third kappa shape index (κ3) is 4.20. The molecule has 0 saturated carbocycles. The number of benzene rings is 1.